The molecule has 0 heteroatoms. The van der Waals surface area contributed by atoms with Crippen molar-refractivity contribution in [1.29, 1.82) is 0 Å². The number of terminal acetylenes is 2. The topological polar surface area (TPSA) is 0 Å². The van der Waals surface area contributed by atoms with E-state index in [4.69, 9.17) is 12.8 Å². The van der Waals surface area contributed by atoms with Crippen LogP contribution in [0.2, 0.25) is 0 Å². The Morgan fingerprint density at radius 3 is 2.24 bits per heavy atom. The smallest absolute Gasteiger partial charge is 0.0248 e. The number of fused-ring (bicyclic) bond motifs is 3. The van der Waals surface area contributed by atoms with Gasteiger partial charge in [0, 0.05) is 11.1 Å². The minimum atomic E-state index is 0.928. The van der Waals surface area contributed by atoms with Crippen LogP contribution in [-0.2, 0) is 6.42 Å². The van der Waals surface area contributed by atoms with Crippen LogP contribution in [0.1, 0.15) is 22.3 Å². The van der Waals surface area contributed by atoms with E-state index in [2.05, 4.69) is 36.1 Å². The Morgan fingerprint density at radius 2 is 1.47 bits per heavy atom. The number of hydrogen-bond acceptors (Lipinski definition) is 0. The fourth-order valence-corrected chi connectivity index (χ4v) is 2.37. The maximum Gasteiger partial charge on any atom is 0.0248 e. The molecule has 17 heavy (non-hydrogen) atoms. The molecule has 3 rings (SSSR count). The average molecular weight is 214 g/mol. The second kappa shape index (κ2) is 3.55. The Labute approximate surface area is 101 Å². The van der Waals surface area contributed by atoms with E-state index in [-0.39, 0.29) is 0 Å². The molecule has 0 aliphatic heterocycles. The molecule has 2 aromatic carbocycles. The zero-order valence-electron chi connectivity index (χ0n) is 9.33. The van der Waals surface area contributed by atoms with E-state index in [9.17, 15) is 0 Å². The maximum absolute atomic E-state index is 5.43. The van der Waals surface area contributed by atoms with Gasteiger partial charge < -0.3 is 0 Å². The summed E-state index contributed by atoms with van der Waals surface area (Å²) >= 11 is 0. The fourth-order valence-electron chi connectivity index (χ4n) is 2.37. The summed E-state index contributed by atoms with van der Waals surface area (Å²) in [6, 6.07) is 12.3. The largest absolute Gasteiger partial charge is 0.115 e. The Balaban J connectivity index is 2.21. The number of hydrogen-bond donors (Lipinski definition) is 0. The predicted octanol–water partition coefficient (Wildman–Crippen LogP) is 3.22. The molecule has 0 amide bonds. The lowest BCUT2D eigenvalue weighted by Crippen LogP contribution is -1.81. The second-order valence-corrected chi connectivity index (χ2v) is 4.21. The van der Waals surface area contributed by atoms with E-state index in [0.717, 1.165) is 17.5 Å². The molecule has 0 bridgehead atoms. The fraction of sp³-hybridized carbons (Fsp3) is 0.0588. The van der Waals surface area contributed by atoms with E-state index in [0.29, 0.717) is 0 Å². The number of rotatable bonds is 0. The first-order chi connectivity index (χ1) is 8.31. The lowest BCUT2D eigenvalue weighted by molar-refractivity contribution is 1.26. The van der Waals surface area contributed by atoms with Gasteiger partial charge >= 0.3 is 0 Å². The van der Waals surface area contributed by atoms with Crippen LogP contribution in [0.4, 0.5) is 0 Å². The van der Waals surface area contributed by atoms with Gasteiger partial charge in [0.15, 0.2) is 0 Å². The van der Waals surface area contributed by atoms with Crippen LogP contribution < -0.4 is 0 Å². The monoisotopic (exact) mass is 214 g/mol. The molecule has 1 aliphatic rings. The summed E-state index contributed by atoms with van der Waals surface area (Å²) in [5.41, 5.74) is 7.00. The molecule has 0 saturated heterocycles. The van der Waals surface area contributed by atoms with Crippen LogP contribution >= 0.6 is 0 Å². The lowest BCUT2D eigenvalue weighted by atomic mass is 10.0. The number of benzene rings is 2. The van der Waals surface area contributed by atoms with E-state index >= 15 is 0 Å². The SMILES string of the molecule is C#Cc1ccc2c(c1)Cc1ccc(C#C)cc1-2. The van der Waals surface area contributed by atoms with Crippen LogP contribution in [0.25, 0.3) is 11.1 Å². The maximum atomic E-state index is 5.43. The minimum absolute atomic E-state index is 0.928. The van der Waals surface area contributed by atoms with Gasteiger partial charge in [-0.05, 0) is 52.9 Å². The molecule has 0 fully saturated rings. The molecule has 0 spiro atoms. The summed E-state index contributed by atoms with van der Waals surface area (Å²) in [4.78, 5) is 0. The van der Waals surface area contributed by atoms with Crippen LogP contribution in [0, 0.1) is 24.7 Å². The summed E-state index contributed by atoms with van der Waals surface area (Å²) < 4.78 is 0. The predicted molar refractivity (Wildman–Crippen MR) is 70.6 cm³/mol. The van der Waals surface area contributed by atoms with Crippen molar-refractivity contribution in [1.82, 2.24) is 0 Å². The Kier molecular flexibility index (Phi) is 2.04. The first-order valence-corrected chi connectivity index (χ1v) is 5.51. The van der Waals surface area contributed by atoms with E-state index < -0.39 is 0 Å². The summed E-state index contributed by atoms with van der Waals surface area (Å²) in [6.45, 7) is 0. The van der Waals surface area contributed by atoms with E-state index in [1.165, 1.54) is 22.3 Å². The zero-order valence-corrected chi connectivity index (χ0v) is 9.33. The molecule has 1 aliphatic carbocycles. The highest BCUT2D eigenvalue weighted by atomic mass is 14.2. The quantitative estimate of drug-likeness (QED) is 0.504. The molecule has 0 saturated carbocycles. The molecule has 0 radical (unpaired) electrons. The van der Waals surface area contributed by atoms with Crippen molar-refractivity contribution in [3.63, 3.8) is 0 Å². The molecule has 0 heterocycles. The third-order valence-electron chi connectivity index (χ3n) is 3.22. The highest BCUT2D eigenvalue weighted by Gasteiger charge is 2.18. The molecular formula is C17H10. The van der Waals surface area contributed by atoms with Crippen molar-refractivity contribution in [2.24, 2.45) is 0 Å². The van der Waals surface area contributed by atoms with Crippen molar-refractivity contribution in [2.45, 2.75) is 6.42 Å². The van der Waals surface area contributed by atoms with Crippen LogP contribution in [-0.4, -0.2) is 0 Å². The first kappa shape index (κ1) is 9.76. The summed E-state index contributed by atoms with van der Waals surface area (Å²) in [6.07, 6.45) is 11.8. The van der Waals surface area contributed by atoms with E-state index in [1.807, 2.05) is 12.1 Å². The van der Waals surface area contributed by atoms with Gasteiger partial charge in [-0.3, -0.25) is 0 Å². The first-order valence-electron chi connectivity index (χ1n) is 5.51. The average Bonchev–Trinajstić information content (AvgIpc) is 2.74. The molecule has 0 atom stereocenters. The second-order valence-electron chi connectivity index (χ2n) is 4.21. The van der Waals surface area contributed by atoms with Gasteiger partial charge in [0.25, 0.3) is 0 Å². The van der Waals surface area contributed by atoms with Gasteiger partial charge in [-0.15, -0.1) is 12.8 Å². The van der Waals surface area contributed by atoms with Crippen molar-refractivity contribution in [2.75, 3.05) is 0 Å². The summed E-state index contributed by atoms with van der Waals surface area (Å²) in [5.74, 6) is 5.35. The van der Waals surface area contributed by atoms with Gasteiger partial charge in [0.2, 0.25) is 0 Å². The standard InChI is InChI=1S/C17H10/c1-3-12-6-8-16-15(9-12)11-14-7-5-13(4-2)10-17(14)16/h1-2,5-10H,11H2. The van der Waals surface area contributed by atoms with Crippen molar-refractivity contribution >= 4 is 0 Å². The van der Waals surface area contributed by atoms with Crippen molar-refractivity contribution in [3.8, 4) is 35.8 Å². The molecule has 0 aromatic heterocycles. The van der Waals surface area contributed by atoms with Gasteiger partial charge in [-0.1, -0.05) is 24.0 Å². The molecule has 0 N–H and O–H groups in total. The van der Waals surface area contributed by atoms with Gasteiger partial charge in [0.05, 0.1) is 0 Å². The molecule has 0 unspecified atom stereocenters. The van der Waals surface area contributed by atoms with Crippen molar-refractivity contribution < 1.29 is 0 Å². The third kappa shape index (κ3) is 1.43. The Morgan fingerprint density at radius 1 is 0.765 bits per heavy atom. The Bertz CT molecular complexity index is 691. The summed E-state index contributed by atoms with van der Waals surface area (Å²) in [5, 5.41) is 0. The van der Waals surface area contributed by atoms with Gasteiger partial charge in [-0.2, -0.15) is 0 Å². The van der Waals surface area contributed by atoms with Crippen molar-refractivity contribution in [3.05, 3.63) is 58.7 Å². The van der Waals surface area contributed by atoms with Gasteiger partial charge in [0.1, 0.15) is 0 Å². The molecule has 2 aromatic rings. The lowest BCUT2D eigenvalue weighted by Gasteiger charge is -2.02. The van der Waals surface area contributed by atoms with Crippen LogP contribution in [0.5, 0.6) is 0 Å². The van der Waals surface area contributed by atoms with E-state index in [1.54, 1.807) is 0 Å². The highest BCUT2D eigenvalue weighted by molar-refractivity contribution is 5.78. The minimum Gasteiger partial charge on any atom is -0.115 e. The highest BCUT2D eigenvalue weighted by Crippen LogP contribution is 2.37. The molecule has 0 nitrogen and oxygen atoms in total. The zero-order chi connectivity index (χ0) is 11.8. The normalized spacial score (nSPS) is 11.2. The third-order valence-corrected chi connectivity index (χ3v) is 3.22. The summed E-state index contributed by atoms with van der Waals surface area (Å²) in [7, 11) is 0. The Hall–Kier alpha value is -2.44. The van der Waals surface area contributed by atoms with Crippen LogP contribution in [0.15, 0.2) is 36.4 Å². The van der Waals surface area contributed by atoms with Crippen LogP contribution in [0.3, 0.4) is 0 Å². The molecular weight excluding hydrogens is 204 g/mol. The molecule has 78 valence electrons. The van der Waals surface area contributed by atoms with Gasteiger partial charge in [-0.25, -0.2) is 0 Å².